The number of hydrogen-bond acceptors (Lipinski definition) is 5. The summed E-state index contributed by atoms with van der Waals surface area (Å²) in [5, 5.41) is 10.1. The molecule has 0 spiro atoms. The fourth-order valence-corrected chi connectivity index (χ4v) is 2.96. The molecule has 1 saturated heterocycles. The molecule has 2 rings (SSSR count). The minimum atomic E-state index is -0.663. The van der Waals surface area contributed by atoms with Crippen molar-refractivity contribution >= 4 is 11.9 Å². The summed E-state index contributed by atoms with van der Waals surface area (Å²) in [6.07, 6.45) is 1.59. The first-order valence-corrected chi connectivity index (χ1v) is 7.39. The zero-order valence-electron chi connectivity index (χ0n) is 13.0. The Morgan fingerprint density at radius 3 is 2.77 bits per heavy atom. The number of aliphatic hydroxyl groups excluding tert-OH is 1. The lowest BCUT2D eigenvalue weighted by atomic mass is 9.84. The Hall–Kier alpha value is -1.88. The number of ether oxygens (including phenoxy) is 2. The molecule has 0 saturated carbocycles. The third-order valence-electron chi connectivity index (χ3n) is 4.18. The van der Waals surface area contributed by atoms with Crippen LogP contribution in [0.15, 0.2) is 36.0 Å². The molecule has 1 fully saturated rings. The van der Waals surface area contributed by atoms with Crippen LogP contribution in [0.3, 0.4) is 0 Å². The number of esters is 2. The highest BCUT2D eigenvalue weighted by Crippen LogP contribution is 2.36. The first-order valence-electron chi connectivity index (χ1n) is 7.39. The van der Waals surface area contributed by atoms with E-state index in [1.54, 1.807) is 0 Å². The van der Waals surface area contributed by atoms with Crippen LogP contribution in [-0.2, 0) is 19.1 Å². The van der Waals surface area contributed by atoms with Gasteiger partial charge in [0, 0.05) is 18.9 Å². The quantitative estimate of drug-likeness (QED) is 0.456. The predicted octanol–water partition coefficient (Wildman–Crippen LogP) is 2.06. The van der Waals surface area contributed by atoms with E-state index >= 15 is 0 Å². The molecule has 0 aromatic rings. The molecule has 0 amide bonds. The van der Waals surface area contributed by atoms with Crippen LogP contribution in [-0.4, -0.2) is 35.4 Å². The average molecular weight is 306 g/mol. The van der Waals surface area contributed by atoms with Gasteiger partial charge in [-0.3, -0.25) is 4.79 Å². The Balaban J connectivity index is 2.40. The minimum Gasteiger partial charge on any atom is -0.461 e. The summed E-state index contributed by atoms with van der Waals surface area (Å²) < 4.78 is 10.7. The van der Waals surface area contributed by atoms with Crippen molar-refractivity contribution in [2.75, 3.05) is 0 Å². The lowest BCUT2D eigenvalue weighted by Crippen LogP contribution is -2.34. The topological polar surface area (TPSA) is 72.8 Å². The molecule has 2 aliphatic rings. The van der Waals surface area contributed by atoms with Crippen LogP contribution in [0.4, 0.5) is 0 Å². The highest BCUT2D eigenvalue weighted by atomic mass is 16.6. The second-order valence-electron chi connectivity index (χ2n) is 6.00. The molecule has 1 N–H and O–H groups in total. The van der Waals surface area contributed by atoms with Crippen molar-refractivity contribution in [2.24, 2.45) is 5.92 Å². The monoisotopic (exact) mass is 306 g/mol. The van der Waals surface area contributed by atoms with Crippen molar-refractivity contribution in [3.8, 4) is 0 Å². The lowest BCUT2D eigenvalue weighted by molar-refractivity contribution is -0.149. The first kappa shape index (κ1) is 16.5. The van der Waals surface area contributed by atoms with E-state index in [4.69, 9.17) is 9.47 Å². The number of rotatable bonds is 1. The molecule has 0 aromatic heterocycles. The third kappa shape index (κ3) is 3.47. The largest absolute Gasteiger partial charge is 0.461 e. The van der Waals surface area contributed by atoms with Crippen LogP contribution in [0, 0.1) is 5.92 Å². The maximum atomic E-state index is 11.9. The Morgan fingerprint density at radius 1 is 1.45 bits per heavy atom. The number of carbonyl (C=O) groups is 2. The van der Waals surface area contributed by atoms with Crippen LogP contribution in [0.2, 0.25) is 0 Å². The second-order valence-corrected chi connectivity index (χ2v) is 6.00. The van der Waals surface area contributed by atoms with E-state index in [2.05, 4.69) is 13.2 Å². The summed E-state index contributed by atoms with van der Waals surface area (Å²) in [6, 6.07) is 0. The third-order valence-corrected chi connectivity index (χ3v) is 4.18. The van der Waals surface area contributed by atoms with Crippen molar-refractivity contribution in [3.63, 3.8) is 0 Å². The van der Waals surface area contributed by atoms with Crippen LogP contribution in [0.25, 0.3) is 0 Å². The lowest BCUT2D eigenvalue weighted by Gasteiger charge is -2.28. The van der Waals surface area contributed by atoms with Crippen LogP contribution in [0.5, 0.6) is 0 Å². The van der Waals surface area contributed by atoms with E-state index in [0.29, 0.717) is 24.0 Å². The predicted molar refractivity (Wildman–Crippen MR) is 80.8 cm³/mol. The molecule has 4 atom stereocenters. The molecular formula is C17H22O5. The molecule has 1 aliphatic heterocycles. The number of aliphatic hydroxyl groups is 1. The number of carbonyl (C=O) groups excluding carboxylic acids is 2. The molecule has 1 aliphatic carbocycles. The van der Waals surface area contributed by atoms with Crippen molar-refractivity contribution in [1.29, 1.82) is 0 Å². The fraction of sp³-hybridized carbons (Fsp3) is 0.529. The standard InChI is InChI=1S/C17H22O5/c1-9-5-6-13(19)10(2)8-15(21-12(4)18)16-11(3)17(20)22-14(16)7-9/h7,13-16,19H,2-3,5-6,8H2,1,4H3/b9-7+/t13-,14-,15+,16+/m1/s1. The van der Waals surface area contributed by atoms with Crippen LogP contribution >= 0.6 is 0 Å². The zero-order chi connectivity index (χ0) is 16.4. The maximum Gasteiger partial charge on any atom is 0.334 e. The van der Waals surface area contributed by atoms with Gasteiger partial charge in [-0.2, -0.15) is 0 Å². The van der Waals surface area contributed by atoms with E-state index in [1.165, 1.54) is 6.92 Å². The van der Waals surface area contributed by atoms with Gasteiger partial charge in [-0.1, -0.05) is 18.7 Å². The van der Waals surface area contributed by atoms with Gasteiger partial charge in [0.1, 0.15) is 12.2 Å². The van der Waals surface area contributed by atoms with E-state index in [-0.39, 0.29) is 6.42 Å². The smallest absolute Gasteiger partial charge is 0.334 e. The molecule has 0 radical (unpaired) electrons. The summed E-state index contributed by atoms with van der Waals surface area (Å²) in [4.78, 5) is 23.3. The van der Waals surface area contributed by atoms with Crippen molar-refractivity contribution in [3.05, 3.63) is 36.0 Å². The summed E-state index contributed by atoms with van der Waals surface area (Å²) in [6.45, 7) is 10.9. The van der Waals surface area contributed by atoms with Crippen molar-refractivity contribution in [2.45, 2.75) is 51.4 Å². The Bertz CT molecular complexity index is 545. The van der Waals surface area contributed by atoms with Gasteiger partial charge in [-0.05, 0) is 31.4 Å². The van der Waals surface area contributed by atoms with Gasteiger partial charge in [0.25, 0.3) is 0 Å². The Labute approximate surface area is 130 Å². The molecule has 120 valence electrons. The number of hydrogen-bond donors (Lipinski definition) is 1. The normalized spacial score (nSPS) is 35.2. The number of allylic oxidation sites excluding steroid dienone is 1. The van der Waals surface area contributed by atoms with Gasteiger partial charge in [0.15, 0.2) is 0 Å². The van der Waals surface area contributed by atoms with E-state index < -0.39 is 36.2 Å². The molecular weight excluding hydrogens is 284 g/mol. The summed E-state index contributed by atoms with van der Waals surface area (Å²) in [7, 11) is 0. The summed E-state index contributed by atoms with van der Waals surface area (Å²) in [5.74, 6) is -1.37. The van der Waals surface area contributed by atoms with E-state index in [1.807, 2.05) is 13.0 Å². The first-order chi connectivity index (χ1) is 10.3. The van der Waals surface area contributed by atoms with E-state index in [9.17, 15) is 14.7 Å². The Morgan fingerprint density at radius 2 is 2.14 bits per heavy atom. The molecule has 1 heterocycles. The molecule has 5 nitrogen and oxygen atoms in total. The van der Waals surface area contributed by atoms with Gasteiger partial charge >= 0.3 is 11.9 Å². The molecule has 0 unspecified atom stereocenters. The van der Waals surface area contributed by atoms with Gasteiger partial charge in [0.05, 0.1) is 12.0 Å². The molecule has 5 heteroatoms. The van der Waals surface area contributed by atoms with Crippen molar-refractivity contribution in [1.82, 2.24) is 0 Å². The van der Waals surface area contributed by atoms with Crippen molar-refractivity contribution < 1.29 is 24.2 Å². The molecule has 0 aromatic carbocycles. The maximum absolute atomic E-state index is 11.9. The van der Waals surface area contributed by atoms with Gasteiger partial charge in [-0.15, -0.1) is 0 Å². The van der Waals surface area contributed by atoms with Crippen LogP contribution in [0.1, 0.15) is 33.1 Å². The van der Waals surface area contributed by atoms with Gasteiger partial charge < -0.3 is 14.6 Å². The van der Waals surface area contributed by atoms with Gasteiger partial charge in [-0.25, -0.2) is 4.79 Å². The SMILES string of the molecule is C=C1C(=O)O[C@@H]2/C=C(\C)CC[C@@H](O)C(=C)C[C@H](OC(C)=O)[C@@H]12. The Kier molecular flexibility index (Phi) is 4.86. The van der Waals surface area contributed by atoms with E-state index in [0.717, 1.165) is 5.57 Å². The number of fused-ring (bicyclic) bond motifs is 1. The van der Waals surface area contributed by atoms with Gasteiger partial charge in [0.2, 0.25) is 0 Å². The highest BCUT2D eigenvalue weighted by Gasteiger charge is 2.44. The molecule has 0 bridgehead atoms. The zero-order valence-corrected chi connectivity index (χ0v) is 13.0. The second kappa shape index (κ2) is 6.48. The highest BCUT2D eigenvalue weighted by molar-refractivity contribution is 5.91. The summed E-state index contributed by atoms with van der Waals surface area (Å²) >= 11 is 0. The summed E-state index contributed by atoms with van der Waals surface area (Å²) in [5.41, 5.74) is 1.89. The fourth-order valence-electron chi connectivity index (χ4n) is 2.96. The average Bonchev–Trinajstić information content (AvgIpc) is 2.69. The minimum absolute atomic E-state index is 0.282. The molecule has 22 heavy (non-hydrogen) atoms. The van der Waals surface area contributed by atoms with Crippen LogP contribution < -0.4 is 0 Å².